The van der Waals surface area contributed by atoms with Crippen LogP contribution in [-0.2, 0) is 0 Å². The summed E-state index contributed by atoms with van der Waals surface area (Å²) in [4.78, 5) is 0. The number of hydrogen-bond donors (Lipinski definition) is 0. The fourth-order valence-electron chi connectivity index (χ4n) is 0.288. The van der Waals surface area contributed by atoms with E-state index in [0.29, 0.717) is 0 Å². The van der Waals surface area contributed by atoms with Gasteiger partial charge in [0.2, 0.25) is 0 Å². The molecule has 0 bridgehead atoms. The maximum absolute atomic E-state index is 2.97. The van der Waals surface area contributed by atoms with Gasteiger partial charge in [-0.1, -0.05) is 0 Å². The van der Waals surface area contributed by atoms with Crippen molar-refractivity contribution < 1.29 is 4.37 Å². The van der Waals surface area contributed by atoms with E-state index in [9.17, 15) is 0 Å². The second kappa shape index (κ2) is 1.39. The first-order chi connectivity index (χ1) is 2.89. The molecule has 1 N–H and O–H groups in total. The molecule has 0 aliphatic rings. The van der Waals surface area contributed by atoms with Gasteiger partial charge in [-0.25, -0.2) is 0 Å². The number of aromatic nitrogens is 1. The van der Waals surface area contributed by atoms with E-state index in [1.165, 1.54) is 5.56 Å². The lowest BCUT2D eigenvalue weighted by molar-refractivity contribution is -0.290. The van der Waals surface area contributed by atoms with E-state index in [0.717, 1.165) is 0 Å². The Kier molecular flexibility index (Phi) is 0.881. The van der Waals surface area contributed by atoms with E-state index >= 15 is 0 Å². The summed E-state index contributed by atoms with van der Waals surface area (Å²) in [5.41, 5.74) is 1.31. The van der Waals surface area contributed by atoms with Gasteiger partial charge in [0.05, 0.1) is 5.38 Å². The molecule has 0 aliphatic carbocycles. The zero-order valence-electron chi connectivity index (χ0n) is 3.56. The van der Waals surface area contributed by atoms with Crippen LogP contribution >= 0.6 is 11.5 Å². The molecule has 0 saturated heterocycles. The number of aryl methyl sites for hydroxylation is 1. The first-order valence-corrected chi connectivity index (χ1v) is 2.69. The van der Waals surface area contributed by atoms with Gasteiger partial charge in [-0.05, 0) is 6.92 Å². The molecular weight excluding hydrogens is 94.1 g/mol. The van der Waals surface area contributed by atoms with Gasteiger partial charge in [0, 0.05) is 5.56 Å². The normalized spacial score (nSPS) is 8.83. The van der Waals surface area contributed by atoms with Crippen molar-refractivity contribution in [3.8, 4) is 0 Å². The number of hydrogen-bond acceptors (Lipinski definition) is 1. The number of H-pyrrole nitrogens is 1. The minimum Gasteiger partial charge on any atom is -0.155 e. The molecule has 1 heterocycles. The molecule has 1 rings (SSSR count). The quantitative estimate of drug-likeness (QED) is 0.459. The van der Waals surface area contributed by atoms with Crippen LogP contribution in [0, 0.1) is 6.92 Å². The third-order valence-electron chi connectivity index (χ3n) is 0.599. The molecule has 0 aromatic carbocycles. The van der Waals surface area contributed by atoms with Gasteiger partial charge >= 0.3 is 0 Å². The summed E-state index contributed by atoms with van der Waals surface area (Å²) in [6, 6.07) is 0. The third-order valence-corrected chi connectivity index (χ3v) is 1.34. The first kappa shape index (κ1) is 3.81. The Labute approximate surface area is 40.8 Å². The SMILES string of the molecule is Cc1c[nH+]sc1. The fourth-order valence-corrected chi connectivity index (χ4v) is 0.864. The van der Waals surface area contributed by atoms with Gasteiger partial charge in [0.15, 0.2) is 6.20 Å². The maximum Gasteiger partial charge on any atom is 0.184 e. The summed E-state index contributed by atoms with van der Waals surface area (Å²) in [6.07, 6.45) is 1.98. The summed E-state index contributed by atoms with van der Waals surface area (Å²) >= 11 is 1.61. The Bertz CT molecular complexity index is 111. The lowest BCUT2D eigenvalue weighted by Gasteiger charge is -1.57. The summed E-state index contributed by atoms with van der Waals surface area (Å²) in [7, 11) is 0. The molecule has 0 amide bonds. The zero-order valence-corrected chi connectivity index (χ0v) is 4.38. The highest BCUT2D eigenvalue weighted by Gasteiger charge is 1.83. The molecule has 32 valence electrons. The Morgan fingerprint density at radius 3 is 2.83 bits per heavy atom. The summed E-state index contributed by atoms with van der Waals surface area (Å²) in [5, 5.41) is 2.07. The number of aromatic amines is 1. The van der Waals surface area contributed by atoms with Crippen LogP contribution < -0.4 is 4.37 Å². The van der Waals surface area contributed by atoms with Gasteiger partial charge < -0.3 is 0 Å². The molecule has 0 atom stereocenters. The highest BCUT2D eigenvalue weighted by Crippen LogP contribution is 1.90. The summed E-state index contributed by atoms with van der Waals surface area (Å²) in [6.45, 7) is 2.06. The molecule has 6 heavy (non-hydrogen) atoms. The van der Waals surface area contributed by atoms with Crippen LogP contribution in [0.15, 0.2) is 11.6 Å². The summed E-state index contributed by atoms with van der Waals surface area (Å²) < 4.78 is 2.97. The molecule has 0 radical (unpaired) electrons. The molecular formula is C4H6NS+. The van der Waals surface area contributed by atoms with Crippen LogP contribution in [0.2, 0.25) is 0 Å². The van der Waals surface area contributed by atoms with E-state index in [1.54, 1.807) is 11.5 Å². The van der Waals surface area contributed by atoms with Crippen molar-refractivity contribution in [2.45, 2.75) is 6.92 Å². The lowest BCUT2D eigenvalue weighted by atomic mass is 10.5. The van der Waals surface area contributed by atoms with E-state index in [2.05, 4.69) is 16.7 Å². The average Bonchev–Trinajstić information content (AvgIpc) is 1.86. The maximum atomic E-state index is 2.97. The van der Waals surface area contributed by atoms with Gasteiger partial charge in [-0.3, -0.25) is 0 Å². The topological polar surface area (TPSA) is 14.1 Å². The molecule has 0 unspecified atom stereocenters. The molecule has 1 aromatic rings. The molecule has 0 fully saturated rings. The van der Waals surface area contributed by atoms with E-state index in [4.69, 9.17) is 0 Å². The lowest BCUT2D eigenvalue weighted by Crippen LogP contribution is -1.83. The van der Waals surface area contributed by atoms with Crippen LogP contribution in [0.1, 0.15) is 5.56 Å². The van der Waals surface area contributed by atoms with Crippen molar-refractivity contribution in [2.75, 3.05) is 0 Å². The minimum atomic E-state index is 1.31. The highest BCUT2D eigenvalue weighted by molar-refractivity contribution is 6.99. The van der Waals surface area contributed by atoms with Crippen LogP contribution in [-0.4, -0.2) is 0 Å². The minimum absolute atomic E-state index is 1.31. The van der Waals surface area contributed by atoms with Crippen LogP contribution in [0.5, 0.6) is 0 Å². The molecule has 0 saturated carbocycles. The van der Waals surface area contributed by atoms with E-state index in [1.807, 2.05) is 6.20 Å². The molecule has 0 spiro atoms. The smallest absolute Gasteiger partial charge is 0.155 e. The Morgan fingerprint density at radius 1 is 1.83 bits per heavy atom. The largest absolute Gasteiger partial charge is 0.184 e. The standard InChI is InChI=1S/C4H5NS/c1-4-2-5-6-3-4/h2-3H,1H3/p+1. The predicted octanol–water partition coefficient (Wildman–Crippen LogP) is 0.871. The predicted molar refractivity (Wildman–Crippen MR) is 25.6 cm³/mol. The molecule has 0 aliphatic heterocycles. The Hall–Kier alpha value is -0.370. The molecule has 2 heteroatoms. The van der Waals surface area contributed by atoms with E-state index in [-0.39, 0.29) is 0 Å². The van der Waals surface area contributed by atoms with Crippen molar-refractivity contribution in [1.82, 2.24) is 0 Å². The van der Waals surface area contributed by atoms with Gasteiger partial charge in [-0.15, -0.1) is 0 Å². The molecule has 1 nitrogen and oxygen atoms in total. The van der Waals surface area contributed by atoms with Gasteiger partial charge in [0.1, 0.15) is 11.5 Å². The Balaban J connectivity index is 3.05. The first-order valence-electron chi connectivity index (χ1n) is 1.81. The number of nitrogens with one attached hydrogen (secondary N) is 1. The van der Waals surface area contributed by atoms with E-state index < -0.39 is 0 Å². The third kappa shape index (κ3) is 0.571. The van der Waals surface area contributed by atoms with Crippen molar-refractivity contribution in [1.29, 1.82) is 0 Å². The zero-order chi connectivity index (χ0) is 4.41. The van der Waals surface area contributed by atoms with Crippen molar-refractivity contribution in [3.05, 3.63) is 17.1 Å². The average molecular weight is 100 g/mol. The monoisotopic (exact) mass is 100 g/mol. The van der Waals surface area contributed by atoms with Crippen LogP contribution in [0.25, 0.3) is 0 Å². The molecule has 1 aromatic heterocycles. The van der Waals surface area contributed by atoms with Crippen LogP contribution in [0.3, 0.4) is 0 Å². The highest BCUT2D eigenvalue weighted by atomic mass is 32.1. The van der Waals surface area contributed by atoms with Crippen molar-refractivity contribution in [2.24, 2.45) is 0 Å². The summed E-state index contributed by atoms with van der Waals surface area (Å²) in [5.74, 6) is 0. The second-order valence-corrected chi connectivity index (χ2v) is 1.95. The van der Waals surface area contributed by atoms with Crippen molar-refractivity contribution in [3.63, 3.8) is 0 Å². The fraction of sp³-hybridized carbons (Fsp3) is 0.250. The van der Waals surface area contributed by atoms with Gasteiger partial charge in [0.25, 0.3) is 0 Å². The number of rotatable bonds is 0. The van der Waals surface area contributed by atoms with Gasteiger partial charge in [-0.2, -0.15) is 4.37 Å². The second-order valence-electron chi connectivity index (χ2n) is 1.24. The van der Waals surface area contributed by atoms with Crippen molar-refractivity contribution >= 4 is 11.5 Å². The van der Waals surface area contributed by atoms with Crippen LogP contribution in [0.4, 0.5) is 0 Å². The Morgan fingerprint density at radius 2 is 2.67 bits per heavy atom.